The molecule has 2 aliphatic heterocycles. The summed E-state index contributed by atoms with van der Waals surface area (Å²) >= 11 is 0. The number of fused-ring (bicyclic) bond motifs is 1. The molecule has 0 spiro atoms. The average molecular weight is 304 g/mol. The predicted molar refractivity (Wildman–Crippen MR) is 78.5 cm³/mol. The van der Waals surface area contributed by atoms with E-state index in [4.69, 9.17) is 4.74 Å². The summed E-state index contributed by atoms with van der Waals surface area (Å²) in [6.07, 6.45) is 7.77. The van der Waals surface area contributed by atoms with E-state index in [0.717, 1.165) is 0 Å². The zero-order valence-electron chi connectivity index (χ0n) is 12.9. The SMILES string of the molecule is CCN1C(=O)C2C(C3C=CC=C3)NC(C)(C(=O)OC)C2C1=O. The lowest BCUT2D eigenvalue weighted by Gasteiger charge is -2.29. The van der Waals surface area contributed by atoms with Crippen molar-refractivity contribution in [3.63, 3.8) is 0 Å². The second-order valence-corrected chi connectivity index (χ2v) is 6.14. The molecule has 4 unspecified atom stereocenters. The summed E-state index contributed by atoms with van der Waals surface area (Å²) in [6, 6.07) is -0.280. The molecule has 4 atom stereocenters. The smallest absolute Gasteiger partial charge is 0.326 e. The minimum absolute atomic E-state index is 0.00691. The van der Waals surface area contributed by atoms with Gasteiger partial charge in [-0.25, -0.2) is 0 Å². The molecule has 0 radical (unpaired) electrons. The van der Waals surface area contributed by atoms with Crippen molar-refractivity contribution in [2.24, 2.45) is 17.8 Å². The molecule has 22 heavy (non-hydrogen) atoms. The van der Waals surface area contributed by atoms with Crippen LogP contribution in [0.25, 0.3) is 0 Å². The normalized spacial score (nSPS) is 37.2. The van der Waals surface area contributed by atoms with Crippen molar-refractivity contribution in [1.82, 2.24) is 10.2 Å². The van der Waals surface area contributed by atoms with Gasteiger partial charge in [-0.3, -0.25) is 24.6 Å². The van der Waals surface area contributed by atoms with Crippen LogP contribution in [-0.2, 0) is 19.1 Å². The van der Waals surface area contributed by atoms with Crippen molar-refractivity contribution in [3.05, 3.63) is 24.3 Å². The third kappa shape index (κ3) is 1.80. The number of carbonyl (C=O) groups excluding carboxylic acids is 3. The van der Waals surface area contributed by atoms with Gasteiger partial charge in [0.25, 0.3) is 0 Å². The number of nitrogens with one attached hydrogen (secondary N) is 1. The molecule has 6 heteroatoms. The molecule has 3 aliphatic rings. The highest BCUT2D eigenvalue weighted by molar-refractivity contribution is 6.09. The van der Waals surface area contributed by atoms with Gasteiger partial charge in [0.1, 0.15) is 5.54 Å². The third-order valence-corrected chi connectivity index (χ3v) is 5.04. The van der Waals surface area contributed by atoms with E-state index in [9.17, 15) is 14.4 Å². The van der Waals surface area contributed by atoms with Gasteiger partial charge in [0.15, 0.2) is 0 Å². The maximum atomic E-state index is 12.7. The van der Waals surface area contributed by atoms with E-state index in [-0.39, 0.29) is 23.8 Å². The second-order valence-electron chi connectivity index (χ2n) is 6.14. The average Bonchev–Trinajstić information content (AvgIpc) is 3.17. The topological polar surface area (TPSA) is 75.7 Å². The van der Waals surface area contributed by atoms with Gasteiger partial charge in [0, 0.05) is 18.5 Å². The summed E-state index contributed by atoms with van der Waals surface area (Å²) in [5.74, 6) is -2.24. The van der Waals surface area contributed by atoms with Gasteiger partial charge >= 0.3 is 5.97 Å². The zero-order chi connectivity index (χ0) is 16.1. The molecule has 1 aliphatic carbocycles. The fourth-order valence-corrected chi connectivity index (χ4v) is 3.98. The minimum Gasteiger partial charge on any atom is -0.468 e. The maximum Gasteiger partial charge on any atom is 0.326 e. The lowest BCUT2D eigenvalue weighted by molar-refractivity contribution is -0.153. The van der Waals surface area contributed by atoms with Crippen LogP contribution in [0.4, 0.5) is 0 Å². The lowest BCUT2D eigenvalue weighted by Crippen LogP contribution is -2.55. The molecule has 2 fully saturated rings. The third-order valence-electron chi connectivity index (χ3n) is 5.04. The first-order valence-corrected chi connectivity index (χ1v) is 7.52. The Hall–Kier alpha value is -1.95. The van der Waals surface area contributed by atoms with Crippen LogP contribution in [0.5, 0.6) is 0 Å². The Balaban J connectivity index is 2.05. The van der Waals surface area contributed by atoms with E-state index in [1.165, 1.54) is 12.0 Å². The highest BCUT2D eigenvalue weighted by Gasteiger charge is 2.67. The van der Waals surface area contributed by atoms with Crippen LogP contribution in [-0.4, -0.2) is 47.9 Å². The monoisotopic (exact) mass is 304 g/mol. The molecule has 6 nitrogen and oxygen atoms in total. The summed E-state index contributed by atoms with van der Waals surface area (Å²) < 4.78 is 4.89. The van der Waals surface area contributed by atoms with Gasteiger partial charge in [-0.1, -0.05) is 24.3 Å². The number of carbonyl (C=O) groups is 3. The number of methoxy groups -OCH3 is 1. The molecule has 2 saturated heterocycles. The van der Waals surface area contributed by atoms with Gasteiger partial charge in [-0.2, -0.15) is 0 Å². The number of allylic oxidation sites excluding steroid dienone is 2. The molecule has 0 aromatic carbocycles. The van der Waals surface area contributed by atoms with Gasteiger partial charge in [-0.15, -0.1) is 0 Å². The largest absolute Gasteiger partial charge is 0.468 e. The second kappa shape index (κ2) is 5.05. The molecule has 2 amide bonds. The highest BCUT2D eigenvalue weighted by Crippen LogP contribution is 2.45. The number of nitrogens with zero attached hydrogens (tertiary/aromatic N) is 1. The van der Waals surface area contributed by atoms with Crippen LogP contribution in [0.2, 0.25) is 0 Å². The fraction of sp³-hybridized carbons (Fsp3) is 0.562. The number of hydrogen-bond acceptors (Lipinski definition) is 5. The van der Waals surface area contributed by atoms with Gasteiger partial charge < -0.3 is 4.74 Å². The summed E-state index contributed by atoms with van der Waals surface area (Å²) in [4.78, 5) is 38.8. The molecule has 0 saturated carbocycles. The number of rotatable bonds is 3. The quantitative estimate of drug-likeness (QED) is 0.598. The Labute approximate surface area is 129 Å². The highest BCUT2D eigenvalue weighted by atomic mass is 16.5. The molecule has 0 bridgehead atoms. The molecule has 0 aromatic heterocycles. The molecule has 3 rings (SSSR count). The number of imide groups is 1. The van der Waals surface area contributed by atoms with E-state index in [1.54, 1.807) is 13.8 Å². The molecule has 1 N–H and O–H groups in total. The van der Waals surface area contributed by atoms with Crippen LogP contribution >= 0.6 is 0 Å². The van der Waals surface area contributed by atoms with Crippen LogP contribution in [0, 0.1) is 17.8 Å². The van der Waals surface area contributed by atoms with Crippen LogP contribution in [0.15, 0.2) is 24.3 Å². The van der Waals surface area contributed by atoms with Crippen molar-refractivity contribution < 1.29 is 19.1 Å². The van der Waals surface area contributed by atoms with Crippen LogP contribution in [0.3, 0.4) is 0 Å². The van der Waals surface area contributed by atoms with E-state index < -0.39 is 23.3 Å². The molecular weight excluding hydrogens is 284 g/mol. The van der Waals surface area contributed by atoms with Crippen molar-refractivity contribution in [2.45, 2.75) is 25.4 Å². The van der Waals surface area contributed by atoms with E-state index >= 15 is 0 Å². The number of hydrogen-bond donors (Lipinski definition) is 1. The fourth-order valence-electron chi connectivity index (χ4n) is 3.98. The Morgan fingerprint density at radius 1 is 1.32 bits per heavy atom. The van der Waals surface area contributed by atoms with E-state index in [1.807, 2.05) is 24.3 Å². The Morgan fingerprint density at radius 3 is 2.50 bits per heavy atom. The van der Waals surface area contributed by atoms with Crippen LogP contribution in [0.1, 0.15) is 13.8 Å². The Morgan fingerprint density at radius 2 is 1.95 bits per heavy atom. The van der Waals surface area contributed by atoms with Gasteiger partial charge in [0.05, 0.1) is 18.9 Å². The number of likely N-dealkylation sites (tertiary alicyclic amines) is 1. The molecule has 2 heterocycles. The summed E-state index contributed by atoms with van der Waals surface area (Å²) in [5.41, 5.74) is -1.18. The van der Waals surface area contributed by atoms with Gasteiger partial charge in [-0.05, 0) is 13.8 Å². The summed E-state index contributed by atoms with van der Waals surface area (Å²) in [7, 11) is 1.30. The first-order valence-electron chi connectivity index (χ1n) is 7.52. The van der Waals surface area contributed by atoms with Crippen LogP contribution < -0.4 is 5.32 Å². The van der Waals surface area contributed by atoms with Crippen molar-refractivity contribution in [3.8, 4) is 0 Å². The summed E-state index contributed by atoms with van der Waals surface area (Å²) in [6.45, 7) is 3.75. The summed E-state index contributed by atoms with van der Waals surface area (Å²) in [5, 5.41) is 3.22. The first-order chi connectivity index (χ1) is 10.5. The zero-order valence-corrected chi connectivity index (χ0v) is 12.9. The molecule has 118 valence electrons. The lowest BCUT2D eigenvalue weighted by atomic mass is 9.79. The minimum atomic E-state index is -1.18. The van der Waals surface area contributed by atoms with Crippen molar-refractivity contribution in [1.29, 1.82) is 0 Å². The first kappa shape index (κ1) is 15.0. The van der Waals surface area contributed by atoms with Gasteiger partial charge in [0.2, 0.25) is 11.8 Å². The predicted octanol–water partition coefficient (Wildman–Crippen LogP) is 0.253. The molecular formula is C16H20N2O4. The maximum absolute atomic E-state index is 12.7. The Bertz CT molecular complexity index is 585. The van der Waals surface area contributed by atoms with Crippen molar-refractivity contribution in [2.75, 3.05) is 13.7 Å². The van der Waals surface area contributed by atoms with Crippen molar-refractivity contribution >= 4 is 17.8 Å². The number of esters is 1. The number of ether oxygens (including phenoxy) is 1. The number of amides is 2. The standard InChI is InChI=1S/C16H20N2O4/c1-4-18-13(19)10-11(14(18)20)16(2,15(21)22-3)17-12(10)9-7-5-6-8-9/h5-12,17H,4H2,1-3H3. The van der Waals surface area contributed by atoms with E-state index in [2.05, 4.69) is 5.32 Å². The van der Waals surface area contributed by atoms with E-state index in [0.29, 0.717) is 6.54 Å². The molecule has 0 aromatic rings. The Kier molecular flexibility index (Phi) is 3.44.